The number of nitrogens with one attached hydrogen (secondary N) is 3. The van der Waals surface area contributed by atoms with Gasteiger partial charge in [0.05, 0.1) is 12.3 Å². The lowest BCUT2D eigenvalue weighted by Gasteiger charge is -2.39. The van der Waals surface area contributed by atoms with Crippen molar-refractivity contribution in [1.82, 2.24) is 25.0 Å². The first-order valence-corrected chi connectivity index (χ1v) is 21.9. The number of ether oxygens (including phenoxy) is 1. The number of hydrogen-bond donors (Lipinski definition) is 3. The summed E-state index contributed by atoms with van der Waals surface area (Å²) in [7, 11) is 1.88. The van der Waals surface area contributed by atoms with Gasteiger partial charge in [-0.05, 0) is 98.0 Å². The first-order chi connectivity index (χ1) is 30.1. The second-order valence-electron chi connectivity index (χ2n) is 16.4. The van der Waals surface area contributed by atoms with Crippen LogP contribution in [0.3, 0.4) is 0 Å². The van der Waals surface area contributed by atoms with Crippen molar-refractivity contribution in [2.24, 2.45) is 4.99 Å². The van der Waals surface area contributed by atoms with E-state index in [1.54, 1.807) is 4.90 Å². The maximum atomic E-state index is 13.1. The van der Waals surface area contributed by atoms with Crippen molar-refractivity contribution in [3.63, 3.8) is 0 Å². The van der Waals surface area contributed by atoms with Crippen molar-refractivity contribution < 1.29 is 19.1 Å². The Labute approximate surface area is 364 Å². The molecule has 0 radical (unpaired) electrons. The molecule has 4 aliphatic heterocycles. The minimum atomic E-state index is -0.594. The lowest BCUT2D eigenvalue weighted by molar-refractivity contribution is -0.136. The molecule has 1 atom stereocenters. The molecule has 3 saturated heterocycles. The van der Waals surface area contributed by atoms with Gasteiger partial charge in [-0.25, -0.2) is 9.98 Å². The maximum Gasteiger partial charge on any atom is 0.255 e. The quantitative estimate of drug-likeness (QED) is 0.190. The molecule has 0 bridgehead atoms. The number of fused-ring (bicyclic) bond motifs is 1. The number of amides is 3. The van der Waals surface area contributed by atoms with Gasteiger partial charge in [0, 0.05) is 120 Å². The molecule has 5 heterocycles. The molecule has 2 aromatic carbocycles. The molecule has 3 aromatic rings. The van der Waals surface area contributed by atoms with Crippen LogP contribution in [0.1, 0.15) is 53.7 Å². The van der Waals surface area contributed by atoms with Crippen molar-refractivity contribution in [3.8, 4) is 5.88 Å². The number of benzene rings is 2. The van der Waals surface area contributed by atoms with E-state index in [0.29, 0.717) is 36.8 Å². The zero-order valence-electron chi connectivity index (χ0n) is 36.4. The summed E-state index contributed by atoms with van der Waals surface area (Å²) in [5, 5.41) is 9.03. The Morgan fingerprint density at radius 3 is 2.26 bits per heavy atom. The Morgan fingerprint density at radius 1 is 0.935 bits per heavy atom. The molecule has 324 valence electrons. The molecule has 14 nitrogen and oxygen atoms in total. The largest absolute Gasteiger partial charge is 0.476 e. The van der Waals surface area contributed by atoms with Gasteiger partial charge in [-0.15, -0.1) is 0 Å². The fraction of sp³-hybridized carbons (Fsp3) is 0.396. The average Bonchev–Trinajstić information content (AvgIpc) is 3.61. The molecule has 62 heavy (non-hydrogen) atoms. The fourth-order valence-electron chi connectivity index (χ4n) is 9.06. The minimum absolute atomic E-state index is 0.131. The third-order valence-corrected chi connectivity index (χ3v) is 12.6. The zero-order chi connectivity index (χ0) is 43.3. The highest BCUT2D eigenvalue weighted by atomic mass is 16.5. The summed E-state index contributed by atoms with van der Waals surface area (Å²) >= 11 is 0. The number of pyridine rings is 1. The van der Waals surface area contributed by atoms with Gasteiger partial charge in [-0.3, -0.25) is 29.5 Å². The number of aromatic nitrogens is 1. The molecule has 3 fully saturated rings. The summed E-state index contributed by atoms with van der Waals surface area (Å²) in [6, 6.07) is 14.0. The van der Waals surface area contributed by atoms with Gasteiger partial charge in [0.15, 0.2) is 0 Å². The molecule has 8 rings (SSSR count). The number of imide groups is 1. The van der Waals surface area contributed by atoms with Crippen LogP contribution in [0.4, 0.5) is 22.7 Å². The van der Waals surface area contributed by atoms with E-state index in [1.165, 1.54) is 5.69 Å². The van der Waals surface area contributed by atoms with Crippen LogP contribution in [-0.2, 0) is 16.1 Å². The van der Waals surface area contributed by atoms with Crippen LogP contribution in [-0.4, -0.2) is 128 Å². The lowest BCUT2D eigenvalue weighted by atomic mass is 9.93. The van der Waals surface area contributed by atoms with Gasteiger partial charge in [0.1, 0.15) is 17.6 Å². The maximum absolute atomic E-state index is 13.1. The summed E-state index contributed by atoms with van der Waals surface area (Å²) in [5.41, 5.74) is 10.7. The summed E-state index contributed by atoms with van der Waals surface area (Å²) in [6.45, 7) is 21.2. The molecule has 1 unspecified atom stereocenters. The van der Waals surface area contributed by atoms with Crippen molar-refractivity contribution in [1.29, 1.82) is 0 Å². The van der Waals surface area contributed by atoms with Crippen LogP contribution in [0, 0.1) is 6.92 Å². The third-order valence-electron chi connectivity index (χ3n) is 12.6. The first kappa shape index (κ1) is 42.4. The van der Waals surface area contributed by atoms with Crippen LogP contribution in [0.2, 0.25) is 0 Å². The van der Waals surface area contributed by atoms with Gasteiger partial charge in [0.2, 0.25) is 17.7 Å². The summed E-state index contributed by atoms with van der Waals surface area (Å²) in [5.74, 6) is 0.381. The molecule has 0 spiro atoms. The third kappa shape index (κ3) is 9.16. The predicted molar refractivity (Wildman–Crippen MR) is 247 cm³/mol. The Morgan fingerprint density at radius 2 is 1.61 bits per heavy atom. The molecule has 1 aromatic heterocycles. The van der Waals surface area contributed by atoms with Crippen LogP contribution < -0.4 is 30.5 Å². The van der Waals surface area contributed by atoms with Gasteiger partial charge in [-0.2, -0.15) is 0 Å². The number of anilines is 4. The molecule has 3 N–H and O–H groups in total. The van der Waals surface area contributed by atoms with Crippen LogP contribution >= 0.6 is 0 Å². The topological polar surface area (TPSA) is 138 Å². The molecular formula is C48H58N10O4. The number of allylic oxidation sites excluding steroid dienone is 6. The van der Waals surface area contributed by atoms with E-state index in [9.17, 15) is 14.4 Å². The molecule has 1 aliphatic carbocycles. The van der Waals surface area contributed by atoms with E-state index in [-0.39, 0.29) is 24.1 Å². The normalized spacial score (nSPS) is 21.0. The highest BCUT2D eigenvalue weighted by Crippen LogP contribution is 2.34. The van der Waals surface area contributed by atoms with Crippen LogP contribution in [0.25, 0.3) is 5.57 Å². The van der Waals surface area contributed by atoms with E-state index in [2.05, 4.69) is 109 Å². The SMILES string of the molecule is C=C(/N=C1/C=C(c2cnc(OCC)c(NC)c2C)C=C/C1=C/C)Nc1ccc(N2CCN(CCN3CCN(c4ccc5c(c4)CN(C4CCC(=O)NC4=O)C5=O)CC3)CC2)cc1. The summed E-state index contributed by atoms with van der Waals surface area (Å²) < 4.78 is 5.74. The number of carbonyl (C=O) groups is 3. The van der Waals surface area contributed by atoms with Gasteiger partial charge in [0.25, 0.3) is 5.91 Å². The fourth-order valence-corrected chi connectivity index (χ4v) is 9.06. The number of piperidine rings is 1. The minimum Gasteiger partial charge on any atom is -0.476 e. The number of aliphatic imine (C=N–C) groups is 1. The highest BCUT2D eigenvalue weighted by Gasteiger charge is 2.39. The smallest absolute Gasteiger partial charge is 0.255 e. The number of piperazine rings is 2. The molecule has 5 aliphatic rings. The van der Waals surface area contributed by atoms with E-state index in [1.807, 2.05) is 39.2 Å². The van der Waals surface area contributed by atoms with Gasteiger partial charge in [-0.1, -0.05) is 24.8 Å². The van der Waals surface area contributed by atoms with E-state index in [0.717, 1.165) is 116 Å². The molecular weight excluding hydrogens is 781 g/mol. The van der Waals surface area contributed by atoms with E-state index in [4.69, 9.17) is 9.73 Å². The van der Waals surface area contributed by atoms with Crippen molar-refractivity contribution >= 4 is 51.8 Å². The van der Waals surface area contributed by atoms with Crippen molar-refractivity contribution in [2.45, 2.75) is 46.2 Å². The summed E-state index contributed by atoms with van der Waals surface area (Å²) in [6.07, 6.45) is 10.8. The monoisotopic (exact) mass is 838 g/mol. The summed E-state index contributed by atoms with van der Waals surface area (Å²) in [4.78, 5) is 58.3. The Balaban J connectivity index is 0.782. The van der Waals surface area contributed by atoms with Crippen LogP contribution in [0.5, 0.6) is 5.88 Å². The second-order valence-corrected chi connectivity index (χ2v) is 16.4. The Hall–Kier alpha value is -6.25. The Bertz CT molecular complexity index is 2340. The second kappa shape index (κ2) is 18.8. The van der Waals surface area contributed by atoms with E-state index < -0.39 is 6.04 Å². The number of carbonyl (C=O) groups excluding carboxylic acids is 3. The van der Waals surface area contributed by atoms with Gasteiger partial charge < -0.3 is 30.1 Å². The van der Waals surface area contributed by atoms with Crippen molar-refractivity contribution in [3.05, 3.63) is 113 Å². The highest BCUT2D eigenvalue weighted by molar-refractivity contribution is 6.17. The zero-order valence-corrected chi connectivity index (χ0v) is 36.4. The standard InChI is InChI=1S/C48H58N10O4/c1-6-34-8-9-35(41-30-50-47(62-7-2)45(49-5)32(41)3)29-42(34)52-33(4)51-37-10-12-38(13-11-37)56-24-20-54(21-25-56)18-19-55-22-26-57(27-23-55)39-14-15-40-36(28-39)31-58(48(40)61)43-16-17-44(59)53-46(43)60/h6,8-15,28-30,43,49,51H,4,7,16-27,31H2,1-3,5H3,(H,53,59,60)/b34-6-,52-42-. The number of hydrogen-bond acceptors (Lipinski definition) is 12. The lowest BCUT2D eigenvalue weighted by Crippen LogP contribution is -2.52. The number of nitrogens with zero attached hydrogens (tertiary/aromatic N) is 7. The first-order valence-electron chi connectivity index (χ1n) is 21.9. The van der Waals surface area contributed by atoms with Gasteiger partial charge >= 0.3 is 0 Å². The average molecular weight is 839 g/mol. The van der Waals surface area contributed by atoms with E-state index >= 15 is 0 Å². The molecule has 14 heteroatoms. The molecule has 0 saturated carbocycles. The Kier molecular flexibility index (Phi) is 12.9. The van der Waals surface area contributed by atoms with Crippen molar-refractivity contribution in [2.75, 3.05) is 99.5 Å². The van der Waals surface area contributed by atoms with Crippen LogP contribution in [0.15, 0.2) is 95.9 Å². The number of rotatable bonds is 13. The molecule has 3 amide bonds. The predicted octanol–water partition coefficient (Wildman–Crippen LogP) is 5.46.